The van der Waals surface area contributed by atoms with Crippen LogP contribution in [0.2, 0.25) is 0 Å². The first kappa shape index (κ1) is 48.8. The smallest absolute Gasteiger partial charge is 0.0121 e. The highest BCUT2D eigenvalue weighted by molar-refractivity contribution is 6.65. The molecule has 21 aromatic rings. The summed E-state index contributed by atoms with van der Waals surface area (Å²) in [5.74, 6) is 0. The monoisotopic (exact) mass is 1140 g/mol. The van der Waals surface area contributed by atoms with Crippen LogP contribution in [0.5, 0.6) is 0 Å². The van der Waals surface area contributed by atoms with Crippen molar-refractivity contribution in [2.24, 2.45) is 0 Å². The summed E-state index contributed by atoms with van der Waals surface area (Å²) in [6, 6.07) is 0. The van der Waals surface area contributed by atoms with Crippen molar-refractivity contribution in [3.63, 3.8) is 0 Å². The van der Waals surface area contributed by atoms with Gasteiger partial charge in [0.1, 0.15) is 0 Å². The van der Waals surface area contributed by atoms with Gasteiger partial charge < -0.3 is 0 Å². The fraction of sp³-hybridized carbons (Fsp3) is 0.303. The quantitative estimate of drug-likeness (QED) is 0.105. The van der Waals surface area contributed by atoms with E-state index in [1.54, 1.807) is 124 Å². The fourth-order valence-corrected chi connectivity index (χ4v) is 25.8. The van der Waals surface area contributed by atoms with Crippen molar-refractivity contribution in [3.05, 3.63) is 122 Å². The fourth-order valence-electron chi connectivity index (χ4n) is 25.8. The first-order valence-electron chi connectivity index (χ1n) is 33.8. The van der Waals surface area contributed by atoms with E-state index in [1.807, 2.05) is 0 Å². The predicted octanol–water partition coefficient (Wildman–Crippen LogP) is 25.7. The van der Waals surface area contributed by atoms with Crippen molar-refractivity contribution in [2.45, 2.75) is 182 Å². The van der Waals surface area contributed by atoms with Crippen molar-refractivity contribution in [3.8, 4) is 0 Å². The van der Waals surface area contributed by atoms with Crippen molar-refractivity contribution < 1.29 is 0 Å². The standard InChI is InChI=1S/C89H72/c1-25-27(3)44-35(11)48-33(9)34(10)51-43(19)57-69-76-63(51)60(48)70-58(44)46(29(25)5)37(13)52-39(15)54-41(17)55-40(16)53-38(14)50-32(8)31(7)49-36(12)45-28(4)26(2)30(6)47-42(18)56-68-71(59(45)47)61(49)62(50)72-65(53)75-67(55)74(66(54)73(76)64(52)70)78(69)81-79(75)80(77(68)72)82-84(56)87(20,21)89(24)86(82)83(81)85(57)88(89,22)23/h1-24H3. The largest absolute Gasteiger partial charge is 0.0549 e. The first-order valence-corrected chi connectivity index (χ1v) is 33.8. The lowest BCUT2D eigenvalue weighted by Gasteiger charge is -2.49. The average Bonchev–Trinajstić information content (AvgIpc) is 1.58. The van der Waals surface area contributed by atoms with E-state index in [0.29, 0.717) is 0 Å². The molecule has 21 aromatic carbocycles. The minimum atomic E-state index is -0.275. The topological polar surface area (TPSA) is 0 Å². The molecule has 0 saturated carbocycles. The summed E-state index contributed by atoms with van der Waals surface area (Å²) in [6.07, 6.45) is 0. The number of fused-ring (bicyclic) bond motifs is 2. The highest BCUT2D eigenvalue weighted by atomic mass is 14.7. The molecule has 0 fully saturated rings. The second kappa shape index (κ2) is 13.0. The third-order valence-electron chi connectivity index (χ3n) is 29.9. The predicted molar refractivity (Wildman–Crippen MR) is 394 cm³/mol. The Balaban J connectivity index is 1.18. The molecule has 0 bridgehead atoms. The minimum Gasteiger partial charge on any atom is -0.0549 e. The van der Waals surface area contributed by atoms with Gasteiger partial charge in [-0.2, -0.15) is 0 Å². The highest BCUT2D eigenvalue weighted by Crippen LogP contribution is 2.76. The van der Waals surface area contributed by atoms with Crippen LogP contribution in [0.4, 0.5) is 0 Å². The summed E-state index contributed by atoms with van der Waals surface area (Å²) in [5.41, 5.74) is 32.0. The van der Waals surface area contributed by atoms with E-state index in [4.69, 9.17) is 0 Å². The molecule has 1 atom stereocenters. The summed E-state index contributed by atoms with van der Waals surface area (Å²) >= 11 is 0. The molecule has 0 heteroatoms. The van der Waals surface area contributed by atoms with Gasteiger partial charge in [-0.3, -0.25) is 0 Å². The van der Waals surface area contributed by atoms with Gasteiger partial charge in [-0.25, -0.2) is 0 Å². The lowest BCUT2D eigenvalue weighted by atomic mass is 9.53. The lowest BCUT2D eigenvalue weighted by molar-refractivity contribution is 0.188. The second-order valence-electron chi connectivity index (χ2n) is 32.4. The maximum absolute atomic E-state index is 2.79. The highest BCUT2D eigenvalue weighted by Gasteiger charge is 2.65. The van der Waals surface area contributed by atoms with Gasteiger partial charge in [0.05, 0.1) is 0 Å². The molecule has 0 N–H and O–H groups in total. The van der Waals surface area contributed by atoms with Crippen LogP contribution in [0, 0.1) is 132 Å². The summed E-state index contributed by atoms with van der Waals surface area (Å²) in [5, 5.41) is 61.6. The average molecular weight is 1140 g/mol. The minimum absolute atomic E-state index is 0.265. The van der Waals surface area contributed by atoms with Gasteiger partial charge in [0, 0.05) is 16.2 Å². The van der Waals surface area contributed by atoms with Crippen LogP contribution in [0.25, 0.3) is 215 Å². The summed E-state index contributed by atoms with van der Waals surface area (Å²) in [6.45, 7) is 61.4. The normalized spacial score (nSPS) is 17.7. The van der Waals surface area contributed by atoms with Crippen molar-refractivity contribution >= 4 is 215 Å². The Morgan fingerprint density at radius 2 is 0.236 bits per heavy atom. The molecule has 428 valence electrons. The Bertz CT molecular complexity index is 7230. The molecule has 0 spiro atoms. The van der Waals surface area contributed by atoms with Gasteiger partial charge >= 0.3 is 0 Å². The zero-order valence-electron chi connectivity index (χ0n) is 56.5. The van der Waals surface area contributed by atoms with Crippen molar-refractivity contribution in [1.82, 2.24) is 0 Å². The van der Waals surface area contributed by atoms with Gasteiger partial charge in [-0.1, -0.05) is 34.6 Å². The van der Waals surface area contributed by atoms with Crippen LogP contribution in [0.15, 0.2) is 0 Å². The van der Waals surface area contributed by atoms with Gasteiger partial charge in [-0.15, -0.1) is 0 Å². The molecular weight excluding hydrogens is 1070 g/mol. The number of hydrogen-bond donors (Lipinski definition) is 0. The summed E-state index contributed by atoms with van der Waals surface area (Å²) in [4.78, 5) is 0. The third-order valence-corrected chi connectivity index (χ3v) is 29.9. The number of aryl methyl sites for hydroxylation is 17. The van der Waals surface area contributed by atoms with E-state index in [2.05, 4.69) is 166 Å². The summed E-state index contributed by atoms with van der Waals surface area (Å²) in [7, 11) is 0. The van der Waals surface area contributed by atoms with E-state index >= 15 is 0 Å². The Morgan fingerprint density at radius 1 is 0.112 bits per heavy atom. The van der Waals surface area contributed by atoms with Crippen LogP contribution in [0.3, 0.4) is 0 Å². The molecule has 0 heterocycles. The van der Waals surface area contributed by atoms with Crippen LogP contribution >= 0.6 is 0 Å². The van der Waals surface area contributed by atoms with Crippen LogP contribution in [-0.4, -0.2) is 0 Å². The molecule has 2 aliphatic rings. The Kier molecular flexibility index (Phi) is 7.12. The van der Waals surface area contributed by atoms with E-state index < -0.39 is 0 Å². The second-order valence-corrected chi connectivity index (χ2v) is 32.4. The first-order chi connectivity index (χ1) is 42.2. The van der Waals surface area contributed by atoms with Crippen molar-refractivity contribution in [1.29, 1.82) is 0 Å². The molecule has 89 heavy (non-hydrogen) atoms. The van der Waals surface area contributed by atoms with Gasteiger partial charge in [-0.05, 0) is 469 Å². The SMILES string of the molecule is Cc1c(C)c2c(C)c3c(C)c(C)c4c(C)c5c6c7c8c9c(c%10c(C)c%11c(C)c(C)c(C)c%12c(C)c%13c(C)c(C)c%14c(C)c%15c(C)c%16c(C)c%17c(C)c%18c(C)c(c1C)c2c1c3c4c2c5c3c7c4c9c5c%10c(c%12%11)c%13c%14c5c%15c4c%16c3c%17c2c%181)C(C)(C)C8(C)C6(C)C. The number of rotatable bonds is 0. The van der Waals surface area contributed by atoms with Crippen molar-refractivity contribution in [2.75, 3.05) is 0 Å². The van der Waals surface area contributed by atoms with Crippen LogP contribution in [-0.2, 0) is 16.2 Å². The molecule has 0 aliphatic heterocycles. The zero-order valence-corrected chi connectivity index (χ0v) is 56.5. The molecule has 1 unspecified atom stereocenters. The lowest BCUT2D eigenvalue weighted by Crippen LogP contribution is -2.50. The molecule has 23 rings (SSSR count). The maximum atomic E-state index is 2.79. The van der Waals surface area contributed by atoms with E-state index in [0.717, 1.165) is 0 Å². The molecule has 2 aliphatic carbocycles. The van der Waals surface area contributed by atoms with E-state index in [-0.39, 0.29) is 16.2 Å². The van der Waals surface area contributed by atoms with Crippen LogP contribution in [0.1, 0.15) is 157 Å². The van der Waals surface area contributed by atoms with E-state index in [9.17, 15) is 0 Å². The Morgan fingerprint density at radius 3 is 0.438 bits per heavy atom. The zero-order chi connectivity index (χ0) is 61.3. The maximum Gasteiger partial charge on any atom is 0.0121 e. The molecule has 0 radical (unpaired) electrons. The number of hydrogen-bond acceptors (Lipinski definition) is 0. The van der Waals surface area contributed by atoms with Gasteiger partial charge in [0.25, 0.3) is 0 Å². The molecule has 0 amide bonds. The van der Waals surface area contributed by atoms with E-state index in [1.165, 1.54) is 213 Å². The third kappa shape index (κ3) is 3.83. The van der Waals surface area contributed by atoms with Gasteiger partial charge in [0.2, 0.25) is 0 Å². The Hall–Kier alpha value is -8.06. The molecule has 0 saturated heterocycles. The van der Waals surface area contributed by atoms with Crippen LogP contribution < -0.4 is 0 Å². The van der Waals surface area contributed by atoms with Gasteiger partial charge in [0.15, 0.2) is 0 Å². The Labute approximate surface area is 517 Å². The molecular formula is C89H72. The molecule has 0 nitrogen and oxygen atoms in total. The molecule has 0 aromatic heterocycles. The number of benzene rings is 21. The summed E-state index contributed by atoms with van der Waals surface area (Å²) < 4.78 is 0.